The number of aromatic nitrogens is 1. The largest absolute Gasteiger partial charge is 0.376 e. The Balaban J connectivity index is 2.19. The molecule has 0 aromatic carbocycles. The number of fused-ring (bicyclic) bond motifs is 1. The summed E-state index contributed by atoms with van der Waals surface area (Å²) in [4.78, 5) is 17.1. The molecule has 1 heterocycles. The van der Waals surface area contributed by atoms with E-state index in [1.165, 1.54) is 12.3 Å². The minimum Gasteiger partial charge on any atom is -0.376 e. The van der Waals surface area contributed by atoms with E-state index in [1.54, 1.807) is 6.07 Å². The number of allylic oxidation sites excluding steroid dienone is 2. The van der Waals surface area contributed by atoms with Gasteiger partial charge in [0.2, 0.25) is 0 Å². The third-order valence-corrected chi connectivity index (χ3v) is 4.96. The van der Waals surface area contributed by atoms with Crippen molar-refractivity contribution in [3.8, 4) is 0 Å². The summed E-state index contributed by atoms with van der Waals surface area (Å²) in [7, 11) is 0. The molecule has 0 fully saturated rings. The van der Waals surface area contributed by atoms with Gasteiger partial charge in [0.1, 0.15) is 11.5 Å². The van der Waals surface area contributed by atoms with Crippen molar-refractivity contribution in [2.45, 2.75) is 71.9 Å². The molecule has 2 rings (SSSR count). The highest BCUT2D eigenvalue weighted by atomic mass is 19.1. The molecule has 1 amide bonds. The van der Waals surface area contributed by atoms with Crippen LogP contribution in [0.5, 0.6) is 0 Å². The molecule has 0 spiro atoms. The van der Waals surface area contributed by atoms with Gasteiger partial charge in [-0.2, -0.15) is 0 Å². The Labute approximate surface area is 168 Å². The number of hydrogen-bond acceptors (Lipinski definition) is 3. The molecule has 1 aliphatic rings. The Morgan fingerprint density at radius 1 is 1.36 bits per heavy atom. The zero-order chi connectivity index (χ0) is 20.7. The van der Waals surface area contributed by atoms with Crippen molar-refractivity contribution in [2.75, 3.05) is 6.61 Å². The topological polar surface area (TPSA) is 51.2 Å². The Morgan fingerprint density at radius 3 is 2.71 bits per heavy atom. The van der Waals surface area contributed by atoms with Gasteiger partial charge < -0.3 is 10.1 Å². The third-order valence-electron chi connectivity index (χ3n) is 4.96. The van der Waals surface area contributed by atoms with Gasteiger partial charge in [-0.3, -0.25) is 9.78 Å². The predicted molar refractivity (Wildman–Crippen MR) is 113 cm³/mol. The minimum atomic E-state index is -0.485. The highest BCUT2D eigenvalue weighted by Gasteiger charge is 2.29. The van der Waals surface area contributed by atoms with Crippen LogP contribution in [0.3, 0.4) is 0 Å². The fourth-order valence-electron chi connectivity index (χ4n) is 3.62. The first-order valence-electron chi connectivity index (χ1n) is 10.2. The van der Waals surface area contributed by atoms with Crippen LogP contribution in [0.2, 0.25) is 0 Å². The Hall–Kier alpha value is -2.01. The van der Waals surface area contributed by atoms with Gasteiger partial charge in [-0.25, -0.2) is 4.39 Å². The Kier molecular flexibility index (Phi) is 7.93. The number of rotatable bonds is 9. The first-order valence-corrected chi connectivity index (χ1v) is 10.2. The van der Waals surface area contributed by atoms with Crippen LogP contribution in [0.4, 0.5) is 4.39 Å². The molecule has 0 bridgehead atoms. The number of nitrogens with zero attached hydrogens (tertiary/aromatic N) is 1. The van der Waals surface area contributed by atoms with E-state index >= 15 is 0 Å². The lowest BCUT2D eigenvalue weighted by Gasteiger charge is -2.34. The molecule has 5 heteroatoms. The van der Waals surface area contributed by atoms with Gasteiger partial charge >= 0.3 is 0 Å². The number of halogens is 1. The summed E-state index contributed by atoms with van der Waals surface area (Å²) in [5.41, 5.74) is 0.849. The monoisotopic (exact) mass is 388 g/mol. The summed E-state index contributed by atoms with van der Waals surface area (Å²) < 4.78 is 20.1. The third kappa shape index (κ3) is 5.99. The number of pyridine rings is 1. The molecule has 1 N–H and O–H groups in total. The summed E-state index contributed by atoms with van der Waals surface area (Å²) >= 11 is 0. The average molecular weight is 389 g/mol. The second-order valence-electron chi connectivity index (χ2n) is 8.21. The Morgan fingerprint density at radius 2 is 2.07 bits per heavy atom. The fraction of sp³-hybridized carbons (Fsp3) is 0.565. The number of ether oxygens (including phenoxy) is 1. The molecule has 28 heavy (non-hydrogen) atoms. The highest BCUT2D eigenvalue weighted by molar-refractivity contribution is 5.95. The second-order valence-corrected chi connectivity index (χ2v) is 8.21. The number of carbonyl (C=O) groups is 1. The number of hydrogen-bond donors (Lipinski definition) is 1. The Bertz CT molecular complexity index is 738. The standard InChI is InChI=1S/C23H33FN2O2/c1-6-19(7-2)28-15-23(5,13-16(3)4)26-22(27)18-12-17-10-8-9-11-20(24)21(17)25-14-18/h8,10-12,14,16,19H,6-7,9,13,15H2,1-5H3,(H,26,27). The average Bonchev–Trinajstić information content (AvgIpc) is 2.83. The summed E-state index contributed by atoms with van der Waals surface area (Å²) in [5.74, 6) is -0.160. The van der Waals surface area contributed by atoms with Crippen LogP contribution in [0.15, 0.2) is 24.4 Å². The molecule has 1 aromatic heterocycles. The van der Waals surface area contributed by atoms with Crippen LogP contribution in [-0.4, -0.2) is 29.1 Å². The molecule has 1 unspecified atom stereocenters. The van der Waals surface area contributed by atoms with Gasteiger partial charge in [0.25, 0.3) is 5.91 Å². The number of amides is 1. The van der Waals surface area contributed by atoms with Crippen LogP contribution in [0.1, 0.15) is 81.9 Å². The molecule has 4 nitrogen and oxygen atoms in total. The molecular weight excluding hydrogens is 355 g/mol. The molecule has 0 radical (unpaired) electrons. The predicted octanol–water partition coefficient (Wildman–Crippen LogP) is 5.55. The lowest BCUT2D eigenvalue weighted by molar-refractivity contribution is 0.00477. The van der Waals surface area contributed by atoms with E-state index in [0.717, 1.165) is 19.3 Å². The zero-order valence-corrected chi connectivity index (χ0v) is 17.7. The van der Waals surface area contributed by atoms with Crippen molar-refractivity contribution in [1.82, 2.24) is 10.3 Å². The van der Waals surface area contributed by atoms with E-state index in [1.807, 2.05) is 19.1 Å². The summed E-state index contributed by atoms with van der Waals surface area (Å²) in [6, 6.07) is 1.70. The summed E-state index contributed by atoms with van der Waals surface area (Å²) in [5, 5.41) is 3.14. The molecular formula is C23H33FN2O2. The van der Waals surface area contributed by atoms with Crippen molar-refractivity contribution in [2.24, 2.45) is 5.92 Å². The molecule has 1 aliphatic carbocycles. The maximum absolute atomic E-state index is 14.1. The number of carbonyl (C=O) groups excluding carboxylic acids is 1. The molecule has 0 saturated heterocycles. The number of nitrogens with one attached hydrogen (secondary N) is 1. The maximum Gasteiger partial charge on any atom is 0.253 e. The maximum atomic E-state index is 14.1. The van der Waals surface area contributed by atoms with E-state index in [0.29, 0.717) is 30.1 Å². The van der Waals surface area contributed by atoms with Crippen LogP contribution < -0.4 is 5.32 Å². The summed E-state index contributed by atoms with van der Waals surface area (Å²) in [6.45, 7) is 11.0. The van der Waals surface area contributed by atoms with Gasteiger partial charge in [0.15, 0.2) is 0 Å². The van der Waals surface area contributed by atoms with Gasteiger partial charge in [0, 0.05) is 11.8 Å². The van der Waals surface area contributed by atoms with Crippen molar-refractivity contribution in [3.63, 3.8) is 0 Å². The van der Waals surface area contributed by atoms with Crippen LogP contribution >= 0.6 is 0 Å². The van der Waals surface area contributed by atoms with E-state index in [2.05, 4.69) is 38.0 Å². The zero-order valence-electron chi connectivity index (χ0n) is 17.7. The van der Waals surface area contributed by atoms with Crippen molar-refractivity contribution in [3.05, 3.63) is 41.2 Å². The van der Waals surface area contributed by atoms with E-state index < -0.39 is 5.54 Å². The van der Waals surface area contributed by atoms with Gasteiger partial charge in [-0.1, -0.05) is 39.8 Å². The highest BCUT2D eigenvalue weighted by Crippen LogP contribution is 2.25. The van der Waals surface area contributed by atoms with Crippen molar-refractivity contribution in [1.29, 1.82) is 0 Å². The SMILES string of the molecule is CCC(CC)OCC(C)(CC(C)C)NC(=O)c1cnc2c(c1)C=CCC=C2F. The minimum absolute atomic E-state index is 0.192. The molecule has 154 valence electrons. The quantitative estimate of drug-likeness (QED) is 0.603. The molecule has 1 aromatic rings. The first kappa shape index (κ1) is 22.3. The van der Waals surface area contributed by atoms with Crippen LogP contribution in [0, 0.1) is 5.92 Å². The van der Waals surface area contributed by atoms with E-state index in [4.69, 9.17) is 4.74 Å². The van der Waals surface area contributed by atoms with Crippen LogP contribution in [-0.2, 0) is 4.74 Å². The second kappa shape index (κ2) is 9.97. The smallest absolute Gasteiger partial charge is 0.253 e. The normalized spacial score (nSPS) is 15.8. The van der Waals surface area contributed by atoms with Crippen molar-refractivity contribution >= 4 is 17.8 Å². The van der Waals surface area contributed by atoms with E-state index in [9.17, 15) is 9.18 Å². The van der Waals surface area contributed by atoms with Crippen LogP contribution in [0.25, 0.3) is 11.9 Å². The summed E-state index contributed by atoms with van der Waals surface area (Å²) in [6.07, 6.45) is 10.0. The first-order chi connectivity index (χ1) is 13.3. The molecule has 0 saturated carbocycles. The fourth-order valence-corrected chi connectivity index (χ4v) is 3.62. The molecule has 0 aliphatic heterocycles. The van der Waals surface area contributed by atoms with Gasteiger partial charge in [-0.15, -0.1) is 0 Å². The van der Waals surface area contributed by atoms with Crippen molar-refractivity contribution < 1.29 is 13.9 Å². The lowest BCUT2D eigenvalue weighted by atomic mass is 9.91. The van der Waals surface area contributed by atoms with Gasteiger partial charge in [-0.05, 0) is 50.7 Å². The van der Waals surface area contributed by atoms with E-state index in [-0.39, 0.29) is 23.5 Å². The molecule has 1 atom stereocenters. The lowest BCUT2D eigenvalue weighted by Crippen LogP contribution is -2.51. The van der Waals surface area contributed by atoms with Gasteiger partial charge in [0.05, 0.1) is 23.8 Å².